The van der Waals surface area contributed by atoms with E-state index in [1.807, 2.05) is 0 Å². The first-order chi connectivity index (χ1) is 12.5. The number of esters is 1. The lowest BCUT2D eigenvalue weighted by Gasteiger charge is -2.35. The standard InChI is InChI=1S/C19H25FN2O4/c1-2-26-18(24)13-16-5-3-4-12-22(16)17(23)10-11-21-19(25)14-6-8-15(20)9-7-14/h6-9,16H,2-5,10-13H2,1H3,(H,21,25)/t16-/m0/s1. The second-order valence-corrected chi connectivity index (χ2v) is 6.26. The third-order valence-electron chi connectivity index (χ3n) is 4.39. The Labute approximate surface area is 152 Å². The lowest BCUT2D eigenvalue weighted by atomic mass is 9.99. The van der Waals surface area contributed by atoms with Crippen molar-refractivity contribution >= 4 is 17.8 Å². The first-order valence-electron chi connectivity index (χ1n) is 9.00. The van der Waals surface area contributed by atoms with E-state index in [2.05, 4.69) is 5.32 Å². The summed E-state index contributed by atoms with van der Waals surface area (Å²) in [6, 6.07) is 5.09. The number of ether oxygens (including phenoxy) is 1. The Kier molecular flexibility index (Phi) is 7.56. The molecule has 1 saturated heterocycles. The van der Waals surface area contributed by atoms with Crippen molar-refractivity contribution in [1.29, 1.82) is 0 Å². The molecule has 6 nitrogen and oxygen atoms in total. The van der Waals surface area contributed by atoms with E-state index in [9.17, 15) is 18.8 Å². The highest BCUT2D eigenvalue weighted by molar-refractivity contribution is 5.94. The molecule has 0 aromatic heterocycles. The fourth-order valence-corrected chi connectivity index (χ4v) is 3.08. The SMILES string of the molecule is CCOC(=O)C[C@@H]1CCCCN1C(=O)CCNC(=O)c1ccc(F)cc1. The summed E-state index contributed by atoms with van der Waals surface area (Å²) < 4.78 is 17.9. The molecule has 1 heterocycles. The van der Waals surface area contributed by atoms with Gasteiger partial charge < -0.3 is 15.0 Å². The van der Waals surface area contributed by atoms with Gasteiger partial charge in [-0.15, -0.1) is 0 Å². The first kappa shape index (κ1) is 19.9. The molecule has 0 spiro atoms. The minimum Gasteiger partial charge on any atom is -0.466 e. The van der Waals surface area contributed by atoms with Crippen molar-refractivity contribution in [1.82, 2.24) is 10.2 Å². The number of benzene rings is 1. The predicted octanol–water partition coefficient (Wildman–Crippen LogP) is 2.28. The van der Waals surface area contributed by atoms with Gasteiger partial charge in [0, 0.05) is 31.1 Å². The third-order valence-corrected chi connectivity index (χ3v) is 4.39. The van der Waals surface area contributed by atoms with Gasteiger partial charge in [-0.1, -0.05) is 0 Å². The Balaban J connectivity index is 1.82. The fourth-order valence-electron chi connectivity index (χ4n) is 3.08. The number of nitrogens with one attached hydrogen (secondary N) is 1. The number of hydrogen-bond donors (Lipinski definition) is 1. The van der Waals surface area contributed by atoms with Crippen molar-refractivity contribution in [2.45, 2.75) is 45.1 Å². The van der Waals surface area contributed by atoms with Crippen molar-refractivity contribution in [3.05, 3.63) is 35.6 Å². The molecule has 0 saturated carbocycles. The topological polar surface area (TPSA) is 75.7 Å². The highest BCUT2D eigenvalue weighted by Gasteiger charge is 2.28. The van der Waals surface area contributed by atoms with Crippen LogP contribution in [0.5, 0.6) is 0 Å². The van der Waals surface area contributed by atoms with Crippen LogP contribution >= 0.6 is 0 Å². The molecule has 1 aromatic rings. The minimum atomic E-state index is -0.408. The van der Waals surface area contributed by atoms with Gasteiger partial charge in [0.2, 0.25) is 5.91 Å². The zero-order chi connectivity index (χ0) is 18.9. The van der Waals surface area contributed by atoms with Gasteiger partial charge in [-0.25, -0.2) is 4.39 Å². The lowest BCUT2D eigenvalue weighted by molar-refractivity contribution is -0.146. The number of rotatable bonds is 7. The summed E-state index contributed by atoms with van der Waals surface area (Å²) in [5.74, 6) is -1.13. The molecule has 0 aliphatic carbocycles. The van der Waals surface area contributed by atoms with Crippen LogP contribution in [0, 0.1) is 5.82 Å². The van der Waals surface area contributed by atoms with Gasteiger partial charge in [-0.3, -0.25) is 14.4 Å². The molecule has 0 radical (unpaired) electrons. The number of likely N-dealkylation sites (tertiary alicyclic amines) is 1. The molecule has 1 aromatic carbocycles. The first-order valence-corrected chi connectivity index (χ1v) is 9.00. The summed E-state index contributed by atoms with van der Waals surface area (Å²) in [5, 5.41) is 2.66. The van der Waals surface area contributed by atoms with E-state index in [-0.39, 0.29) is 43.2 Å². The van der Waals surface area contributed by atoms with Crippen LogP contribution in [-0.4, -0.2) is 48.4 Å². The van der Waals surface area contributed by atoms with Crippen LogP contribution in [0.1, 0.15) is 49.4 Å². The average molecular weight is 364 g/mol. The predicted molar refractivity (Wildman–Crippen MR) is 94.0 cm³/mol. The second-order valence-electron chi connectivity index (χ2n) is 6.26. The number of amides is 2. The van der Waals surface area contributed by atoms with E-state index in [1.165, 1.54) is 24.3 Å². The van der Waals surface area contributed by atoms with Gasteiger partial charge in [0.05, 0.1) is 13.0 Å². The van der Waals surface area contributed by atoms with Gasteiger partial charge in [-0.05, 0) is 50.5 Å². The molecular formula is C19H25FN2O4. The molecule has 1 aliphatic rings. The average Bonchev–Trinajstić information content (AvgIpc) is 2.62. The molecule has 0 bridgehead atoms. The van der Waals surface area contributed by atoms with E-state index >= 15 is 0 Å². The molecule has 7 heteroatoms. The van der Waals surface area contributed by atoms with Gasteiger partial charge in [0.15, 0.2) is 0 Å². The number of nitrogens with zero attached hydrogens (tertiary/aromatic N) is 1. The van der Waals surface area contributed by atoms with Crippen molar-refractivity contribution in [3.8, 4) is 0 Å². The summed E-state index contributed by atoms with van der Waals surface area (Å²) >= 11 is 0. The van der Waals surface area contributed by atoms with E-state index in [4.69, 9.17) is 4.74 Å². The summed E-state index contributed by atoms with van der Waals surface area (Å²) in [6.07, 6.45) is 3.04. The molecule has 2 rings (SSSR count). The van der Waals surface area contributed by atoms with E-state index in [0.717, 1.165) is 19.3 Å². The Hall–Kier alpha value is -2.44. The van der Waals surface area contributed by atoms with E-state index in [1.54, 1.807) is 11.8 Å². The largest absolute Gasteiger partial charge is 0.466 e. The molecule has 1 atom stereocenters. The number of piperidine rings is 1. The van der Waals surface area contributed by atoms with Crippen molar-refractivity contribution < 1.29 is 23.5 Å². The van der Waals surface area contributed by atoms with Gasteiger partial charge in [0.25, 0.3) is 5.91 Å². The minimum absolute atomic E-state index is 0.0848. The van der Waals surface area contributed by atoms with E-state index in [0.29, 0.717) is 18.7 Å². The van der Waals surface area contributed by atoms with Gasteiger partial charge in [-0.2, -0.15) is 0 Å². The Morgan fingerprint density at radius 1 is 1.23 bits per heavy atom. The molecule has 2 amide bonds. The number of carbonyl (C=O) groups is 3. The van der Waals surface area contributed by atoms with Crippen LogP contribution in [-0.2, 0) is 14.3 Å². The normalized spacial score (nSPS) is 16.8. The third kappa shape index (κ3) is 5.82. The van der Waals surface area contributed by atoms with Gasteiger partial charge >= 0.3 is 5.97 Å². The van der Waals surface area contributed by atoms with Crippen molar-refractivity contribution in [3.63, 3.8) is 0 Å². The lowest BCUT2D eigenvalue weighted by Crippen LogP contribution is -2.45. The Morgan fingerprint density at radius 3 is 2.65 bits per heavy atom. The Bertz CT molecular complexity index is 633. The molecule has 26 heavy (non-hydrogen) atoms. The van der Waals surface area contributed by atoms with E-state index < -0.39 is 5.82 Å². The summed E-state index contributed by atoms with van der Waals surface area (Å²) in [4.78, 5) is 37.9. The summed E-state index contributed by atoms with van der Waals surface area (Å²) in [5.41, 5.74) is 0.344. The highest BCUT2D eigenvalue weighted by Crippen LogP contribution is 2.21. The summed E-state index contributed by atoms with van der Waals surface area (Å²) in [6.45, 7) is 2.90. The maximum atomic E-state index is 12.9. The highest BCUT2D eigenvalue weighted by atomic mass is 19.1. The zero-order valence-corrected chi connectivity index (χ0v) is 15.0. The van der Waals surface area contributed by atoms with Crippen molar-refractivity contribution in [2.75, 3.05) is 19.7 Å². The molecule has 1 fully saturated rings. The molecule has 0 unspecified atom stereocenters. The van der Waals surface area contributed by atoms with Crippen LogP contribution in [0.25, 0.3) is 0 Å². The van der Waals surface area contributed by atoms with Gasteiger partial charge in [0.1, 0.15) is 5.82 Å². The van der Waals surface area contributed by atoms with Crippen LogP contribution in [0.15, 0.2) is 24.3 Å². The number of halogens is 1. The number of carbonyl (C=O) groups excluding carboxylic acids is 3. The van der Waals surface area contributed by atoms with Crippen LogP contribution < -0.4 is 5.32 Å². The molecule has 1 aliphatic heterocycles. The van der Waals surface area contributed by atoms with Crippen LogP contribution in [0.2, 0.25) is 0 Å². The molecular weight excluding hydrogens is 339 g/mol. The zero-order valence-electron chi connectivity index (χ0n) is 15.0. The maximum Gasteiger partial charge on any atom is 0.307 e. The monoisotopic (exact) mass is 364 g/mol. The Morgan fingerprint density at radius 2 is 1.96 bits per heavy atom. The van der Waals surface area contributed by atoms with Crippen molar-refractivity contribution in [2.24, 2.45) is 0 Å². The summed E-state index contributed by atoms with van der Waals surface area (Å²) in [7, 11) is 0. The molecule has 1 N–H and O–H groups in total. The van der Waals surface area contributed by atoms with Crippen LogP contribution in [0.3, 0.4) is 0 Å². The van der Waals surface area contributed by atoms with Crippen LogP contribution in [0.4, 0.5) is 4.39 Å². The smallest absolute Gasteiger partial charge is 0.307 e. The number of hydrogen-bond acceptors (Lipinski definition) is 4. The molecule has 142 valence electrons. The second kappa shape index (κ2) is 9.89. The fraction of sp³-hybridized carbons (Fsp3) is 0.526. The quantitative estimate of drug-likeness (QED) is 0.753. The maximum absolute atomic E-state index is 12.9.